The van der Waals surface area contributed by atoms with E-state index in [-0.39, 0.29) is 6.10 Å². The van der Waals surface area contributed by atoms with Crippen molar-refractivity contribution in [2.75, 3.05) is 6.54 Å². The lowest BCUT2D eigenvalue weighted by molar-refractivity contribution is 0.174. The van der Waals surface area contributed by atoms with Crippen LogP contribution in [0.5, 0.6) is 5.75 Å². The average Bonchev–Trinajstić information content (AvgIpc) is 2.51. The molecule has 0 radical (unpaired) electrons. The van der Waals surface area contributed by atoms with Crippen LogP contribution in [0.15, 0.2) is 42.5 Å². The highest BCUT2D eigenvalue weighted by molar-refractivity contribution is 6.37. The van der Waals surface area contributed by atoms with E-state index < -0.39 is 6.10 Å². The number of ether oxygens (including phenoxy) is 1. The number of hydrogen-bond acceptors (Lipinski definition) is 3. The molecule has 0 bridgehead atoms. The van der Waals surface area contributed by atoms with E-state index in [0.717, 1.165) is 11.1 Å². The van der Waals surface area contributed by atoms with Crippen molar-refractivity contribution in [3.63, 3.8) is 0 Å². The Bertz CT molecular complexity index is 609. The van der Waals surface area contributed by atoms with Crippen LogP contribution in [0.2, 0.25) is 10.0 Å². The molecule has 0 saturated carbocycles. The van der Waals surface area contributed by atoms with Gasteiger partial charge in [-0.2, -0.15) is 0 Å². The van der Waals surface area contributed by atoms with Gasteiger partial charge in [-0.25, -0.2) is 0 Å². The second-order valence-corrected chi connectivity index (χ2v) is 6.43. The predicted octanol–water partition coefficient (Wildman–Crippen LogP) is 4.60. The number of rotatable bonds is 7. The van der Waals surface area contributed by atoms with Crippen molar-refractivity contribution in [1.29, 1.82) is 0 Å². The number of aliphatic hydroxyl groups is 1. The van der Waals surface area contributed by atoms with Gasteiger partial charge >= 0.3 is 0 Å². The maximum atomic E-state index is 10.1. The molecule has 0 saturated heterocycles. The van der Waals surface area contributed by atoms with Crippen molar-refractivity contribution in [2.45, 2.75) is 32.6 Å². The van der Waals surface area contributed by atoms with Gasteiger partial charge in [0.25, 0.3) is 0 Å². The van der Waals surface area contributed by atoms with Crippen LogP contribution in [-0.2, 0) is 6.54 Å². The number of aliphatic hydroxyl groups excluding tert-OH is 1. The summed E-state index contributed by atoms with van der Waals surface area (Å²) in [5, 5.41) is 14.3. The highest BCUT2D eigenvalue weighted by atomic mass is 35.5. The molecule has 5 heteroatoms. The van der Waals surface area contributed by atoms with Crippen molar-refractivity contribution < 1.29 is 9.84 Å². The summed E-state index contributed by atoms with van der Waals surface area (Å²) in [4.78, 5) is 0. The molecule has 0 heterocycles. The van der Waals surface area contributed by atoms with Crippen LogP contribution >= 0.6 is 23.2 Å². The highest BCUT2D eigenvalue weighted by Crippen LogP contribution is 2.34. The van der Waals surface area contributed by atoms with E-state index >= 15 is 0 Å². The third kappa shape index (κ3) is 5.40. The fraction of sp³-hybridized carbons (Fsp3) is 0.333. The van der Waals surface area contributed by atoms with Crippen molar-refractivity contribution in [1.82, 2.24) is 5.32 Å². The SMILES string of the molecule is CC(C)Oc1c(Cl)cc(CNC[C@H](O)c2ccccc2)cc1Cl. The van der Waals surface area contributed by atoms with Gasteiger partial charge < -0.3 is 15.2 Å². The molecule has 2 rings (SSSR count). The lowest BCUT2D eigenvalue weighted by Crippen LogP contribution is -2.21. The van der Waals surface area contributed by atoms with Crippen molar-refractivity contribution in [2.24, 2.45) is 0 Å². The molecule has 23 heavy (non-hydrogen) atoms. The average molecular weight is 354 g/mol. The Hall–Kier alpha value is -1.26. The Morgan fingerprint density at radius 2 is 1.70 bits per heavy atom. The summed E-state index contributed by atoms with van der Waals surface area (Å²) in [5.74, 6) is 0.511. The molecule has 0 fully saturated rings. The minimum atomic E-state index is -0.550. The molecule has 2 N–H and O–H groups in total. The summed E-state index contributed by atoms with van der Waals surface area (Å²) in [5.41, 5.74) is 1.83. The van der Waals surface area contributed by atoms with Crippen LogP contribution in [0.4, 0.5) is 0 Å². The molecular formula is C18H21Cl2NO2. The summed E-state index contributed by atoms with van der Waals surface area (Å²) >= 11 is 12.5. The first-order valence-corrected chi connectivity index (χ1v) is 8.31. The fourth-order valence-electron chi connectivity index (χ4n) is 2.21. The van der Waals surface area contributed by atoms with Gasteiger partial charge in [0.2, 0.25) is 0 Å². The molecule has 0 spiro atoms. The van der Waals surface area contributed by atoms with Crippen LogP contribution in [0.3, 0.4) is 0 Å². The zero-order chi connectivity index (χ0) is 16.8. The second-order valence-electron chi connectivity index (χ2n) is 5.61. The van der Waals surface area contributed by atoms with E-state index in [1.165, 1.54) is 0 Å². The third-order valence-electron chi connectivity index (χ3n) is 3.26. The predicted molar refractivity (Wildman–Crippen MR) is 95.3 cm³/mol. The van der Waals surface area contributed by atoms with Gasteiger partial charge in [-0.1, -0.05) is 53.5 Å². The number of benzene rings is 2. The Labute approximate surface area is 147 Å². The third-order valence-corrected chi connectivity index (χ3v) is 3.82. The monoisotopic (exact) mass is 353 g/mol. The zero-order valence-corrected chi connectivity index (χ0v) is 14.7. The lowest BCUT2D eigenvalue weighted by Gasteiger charge is -2.15. The first-order chi connectivity index (χ1) is 11.0. The Morgan fingerprint density at radius 1 is 1.09 bits per heavy atom. The zero-order valence-electron chi connectivity index (χ0n) is 13.2. The van der Waals surface area contributed by atoms with Gasteiger partial charge in [0.1, 0.15) is 0 Å². The van der Waals surface area contributed by atoms with E-state index in [2.05, 4.69) is 5.32 Å². The summed E-state index contributed by atoms with van der Waals surface area (Å²) in [6, 6.07) is 13.2. The molecule has 3 nitrogen and oxygen atoms in total. The van der Waals surface area contributed by atoms with E-state index in [4.69, 9.17) is 27.9 Å². The topological polar surface area (TPSA) is 41.5 Å². The molecule has 0 aromatic heterocycles. The normalized spacial score (nSPS) is 12.4. The fourth-order valence-corrected chi connectivity index (χ4v) is 2.83. The minimum absolute atomic E-state index is 0.00925. The smallest absolute Gasteiger partial charge is 0.156 e. The minimum Gasteiger partial charge on any atom is -0.488 e. The maximum absolute atomic E-state index is 10.1. The van der Waals surface area contributed by atoms with Gasteiger partial charge in [0.05, 0.1) is 22.3 Å². The quantitative estimate of drug-likeness (QED) is 0.763. The molecule has 0 aliphatic rings. The summed E-state index contributed by atoms with van der Waals surface area (Å²) in [6.07, 6.45) is -0.541. The van der Waals surface area contributed by atoms with Gasteiger partial charge in [0, 0.05) is 13.1 Å². The van der Waals surface area contributed by atoms with Crippen molar-refractivity contribution >= 4 is 23.2 Å². The number of halogens is 2. The molecule has 0 amide bonds. The van der Waals surface area contributed by atoms with Crippen LogP contribution in [0.1, 0.15) is 31.1 Å². The van der Waals surface area contributed by atoms with Crippen LogP contribution < -0.4 is 10.1 Å². The Kier molecular flexibility index (Phi) is 6.72. The molecule has 1 atom stereocenters. The standard InChI is InChI=1S/C18H21Cl2NO2/c1-12(2)23-18-15(19)8-13(9-16(18)20)10-21-11-17(22)14-6-4-3-5-7-14/h3-9,12,17,21-22H,10-11H2,1-2H3/t17-/m0/s1. The van der Waals surface area contributed by atoms with Crippen LogP contribution in [-0.4, -0.2) is 17.8 Å². The molecule has 0 aliphatic carbocycles. The molecule has 0 aliphatic heterocycles. The van der Waals surface area contributed by atoms with Gasteiger partial charge in [-0.15, -0.1) is 0 Å². The van der Waals surface area contributed by atoms with Gasteiger partial charge in [-0.05, 0) is 37.1 Å². The lowest BCUT2D eigenvalue weighted by atomic mass is 10.1. The summed E-state index contributed by atoms with van der Waals surface area (Å²) < 4.78 is 5.61. The summed E-state index contributed by atoms with van der Waals surface area (Å²) in [7, 11) is 0. The largest absolute Gasteiger partial charge is 0.488 e. The van der Waals surface area contributed by atoms with Gasteiger partial charge in [0.15, 0.2) is 5.75 Å². The highest BCUT2D eigenvalue weighted by Gasteiger charge is 2.12. The first-order valence-electron chi connectivity index (χ1n) is 7.55. The molecular weight excluding hydrogens is 333 g/mol. The Morgan fingerprint density at radius 3 is 2.26 bits per heavy atom. The van der Waals surface area contributed by atoms with E-state index in [1.54, 1.807) is 0 Å². The number of hydrogen-bond donors (Lipinski definition) is 2. The maximum Gasteiger partial charge on any atom is 0.156 e. The van der Waals surface area contributed by atoms with E-state index in [9.17, 15) is 5.11 Å². The van der Waals surface area contributed by atoms with Crippen LogP contribution in [0, 0.1) is 0 Å². The molecule has 0 unspecified atom stereocenters. The van der Waals surface area contributed by atoms with Gasteiger partial charge in [-0.3, -0.25) is 0 Å². The first kappa shape index (κ1) is 18.1. The molecule has 2 aromatic rings. The van der Waals surface area contributed by atoms with Crippen molar-refractivity contribution in [3.8, 4) is 5.75 Å². The molecule has 124 valence electrons. The second kappa shape index (κ2) is 8.55. The van der Waals surface area contributed by atoms with E-state index in [0.29, 0.717) is 28.9 Å². The Balaban J connectivity index is 1.93. The summed E-state index contributed by atoms with van der Waals surface area (Å²) in [6.45, 7) is 4.86. The van der Waals surface area contributed by atoms with Crippen molar-refractivity contribution in [3.05, 3.63) is 63.6 Å². The van der Waals surface area contributed by atoms with E-state index in [1.807, 2.05) is 56.3 Å². The molecule has 2 aromatic carbocycles. The van der Waals surface area contributed by atoms with Crippen LogP contribution in [0.25, 0.3) is 0 Å². The number of nitrogens with one attached hydrogen (secondary N) is 1.